The molecule has 0 saturated carbocycles. The van der Waals surface area contributed by atoms with Gasteiger partial charge in [-0.25, -0.2) is 9.38 Å². The summed E-state index contributed by atoms with van der Waals surface area (Å²) in [5.74, 6) is 0.709. The molecule has 0 spiro atoms. The second-order valence-electron chi connectivity index (χ2n) is 9.69. The van der Waals surface area contributed by atoms with Gasteiger partial charge in [-0.2, -0.15) is 4.80 Å². The fourth-order valence-corrected chi connectivity index (χ4v) is 5.30. The molecule has 0 atom stereocenters. The number of carbonyl (C=O) groups is 1. The SMILES string of the molecule is CCn1nnc(-c2ccc3c(c2)c(C2CCN(CCN4C=NC(=O)C4)CC2)cn3-c2ccc(F)cc2)n1. The highest BCUT2D eigenvalue weighted by molar-refractivity contribution is 5.92. The van der Waals surface area contributed by atoms with E-state index in [0.717, 1.165) is 55.8 Å². The van der Waals surface area contributed by atoms with Crippen molar-refractivity contribution in [3.8, 4) is 17.1 Å². The van der Waals surface area contributed by atoms with Crippen molar-refractivity contribution in [2.45, 2.75) is 32.2 Å². The van der Waals surface area contributed by atoms with Gasteiger partial charge in [0.1, 0.15) is 12.4 Å². The largest absolute Gasteiger partial charge is 0.352 e. The molecular weight excluding hydrogens is 471 g/mol. The average Bonchev–Trinajstić information content (AvgIpc) is 3.66. The van der Waals surface area contributed by atoms with E-state index in [4.69, 9.17) is 0 Å². The van der Waals surface area contributed by atoms with Gasteiger partial charge in [-0.1, -0.05) is 0 Å². The highest BCUT2D eigenvalue weighted by Gasteiger charge is 2.25. The Bertz CT molecular complexity index is 1450. The molecule has 37 heavy (non-hydrogen) atoms. The summed E-state index contributed by atoms with van der Waals surface area (Å²) < 4.78 is 15.8. The molecule has 2 aromatic carbocycles. The van der Waals surface area contributed by atoms with Crippen LogP contribution in [0.1, 0.15) is 31.2 Å². The van der Waals surface area contributed by atoms with E-state index in [1.54, 1.807) is 11.1 Å². The number of fused-ring (bicyclic) bond motifs is 1. The first-order valence-corrected chi connectivity index (χ1v) is 12.8. The van der Waals surface area contributed by atoms with Crippen molar-refractivity contribution in [1.29, 1.82) is 0 Å². The Morgan fingerprint density at radius 3 is 2.57 bits per heavy atom. The number of nitrogens with zero attached hydrogens (tertiary/aromatic N) is 8. The zero-order chi connectivity index (χ0) is 25.4. The second-order valence-corrected chi connectivity index (χ2v) is 9.69. The van der Waals surface area contributed by atoms with Crippen molar-refractivity contribution in [1.82, 2.24) is 34.6 Å². The van der Waals surface area contributed by atoms with Gasteiger partial charge in [-0.15, -0.1) is 10.2 Å². The number of benzene rings is 2. The van der Waals surface area contributed by atoms with E-state index in [1.807, 2.05) is 30.0 Å². The van der Waals surface area contributed by atoms with Crippen molar-refractivity contribution >= 4 is 23.1 Å². The highest BCUT2D eigenvalue weighted by Crippen LogP contribution is 2.37. The smallest absolute Gasteiger partial charge is 0.266 e. The zero-order valence-corrected chi connectivity index (χ0v) is 20.8. The summed E-state index contributed by atoms with van der Waals surface area (Å²) in [4.78, 5) is 21.2. The van der Waals surface area contributed by atoms with Crippen molar-refractivity contribution in [3.63, 3.8) is 0 Å². The van der Waals surface area contributed by atoms with Gasteiger partial charge < -0.3 is 14.4 Å². The molecule has 0 radical (unpaired) electrons. The summed E-state index contributed by atoms with van der Waals surface area (Å²) >= 11 is 0. The van der Waals surface area contributed by atoms with Gasteiger partial charge >= 0.3 is 0 Å². The lowest BCUT2D eigenvalue weighted by Gasteiger charge is -2.32. The molecule has 4 aromatic rings. The summed E-state index contributed by atoms with van der Waals surface area (Å²) in [6.07, 6.45) is 5.96. The Morgan fingerprint density at radius 1 is 1.05 bits per heavy atom. The Kier molecular flexibility index (Phi) is 6.25. The van der Waals surface area contributed by atoms with Gasteiger partial charge in [-0.3, -0.25) is 4.79 Å². The van der Waals surface area contributed by atoms with E-state index in [0.29, 0.717) is 24.8 Å². The highest BCUT2D eigenvalue weighted by atomic mass is 19.1. The molecule has 190 valence electrons. The minimum Gasteiger partial charge on any atom is -0.352 e. The third kappa shape index (κ3) is 4.76. The summed E-state index contributed by atoms with van der Waals surface area (Å²) in [6, 6.07) is 12.9. The number of rotatable bonds is 7. The van der Waals surface area contributed by atoms with E-state index < -0.39 is 0 Å². The predicted octanol–water partition coefficient (Wildman–Crippen LogP) is 3.49. The quantitative estimate of drug-likeness (QED) is 0.386. The third-order valence-corrected chi connectivity index (χ3v) is 7.37. The molecule has 10 heteroatoms. The number of piperidine rings is 1. The zero-order valence-electron chi connectivity index (χ0n) is 20.8. The molecule has 6 rings (SSSR count). The number of hydrogen-bond acceptors (Lipinski definition) is 6. The molecule has 9 nitrogen and oxygen atoms in total. The monoisotopic (exact) mass is 500 g/mol. The first-order chi connectivity index (χ1) is 18.1. The second kappa shape index (κ2) is 9.85. The summed E-state index contributed by atoms with van der Waals surface area (Å²) in [6.45, 7) is 6.78. The number of carbonyl (C=O) groups excluding carboxylic acids is 1. The van der Waals surface area contributed by atoms with Crippen LogP contribution in [0.5, 0.6) is 0 Å². The minimum atomic E-state index is -0.246. The average molecular weight is 501 g/mol. The van der Waals surface area contributed by atoms with Crippen LogP contribution in [0.4, 0.5) is 4.39 Å². The molecule has 2 aromatic heterocycles. The number of likely N-dealkylation sites (tertiary alicyclic amines) is 1. The first-order valence-electron chi connectivity index (χ1n) is 12.8. The van der Waals surface area contributed by atoms with Crippen LogP contribution in [0.3, 0.4) is 0 Å². The topological polar surface area (TPSA) is 84.4 Å². The first kappa shape index (κ1) is 23.5. The number of aliphatic imine (C=N–C) groups is 1. The maximum atomic E-state index is 13.6. The van der Waals surface area contributed by atoms with Crippen LogP contribution in [0.15, 0.2) is 53.7 Å². The maximum absolute atomic E-state index is 13.6. The molecule has 0 N–H and O–H groups in total. The molecule has 1 saturated heterocycles. The molecule has 2 aliphatic heterocycles. The number of aryl methyl sites for hydroxylation is 1. The van der Waals surface area contributed by atoms with Crippen LogP contribution in [0, 0.1) is 5.82 Å². The van der Waals surface area contributed by atoms with Gasteiger partial charge in [0.25, 0.3) is 5.91 Å². The number of halogens is 1. The molecule has 1 amide bonds. The van der Waals surface area contributed by atoms with Crippen molar-refractivity contribution < 1.29 is 9.18 Å². The molecule has 4 heterocycles. The van der Waals surface area contributed by atoms with E-state index >= 15 is 0 Å². The molecular formula is C27H29FN8O. The third-order valence-electron chi connectivity index (χ3n) is 7.37. The van der Waals surface area contributed by atoms with Gasteiger partial charge in [-0.05, 0) is 92.0 Å². The van der Waals surface area contributed by atoms with Crippen LogP contribution in [-0.4, -0.2) is 79.5 Å². The van der Waals surface area contributed by atoms with E-state index in [-0.39, 0.29) is 11.7 Å². The molecule has 0 aliphatic carbocycles. The predicted molar refractivity (Wildman–Crippen MR) is 139 cm³/mol. The molecule has 1 fully saturated rings. The summed E-state index contributed by atoms with van der Waals surface area (Å²) in [5, 5.41) is 14.0. The van der Waals surface area contributed by atoms with Crippen molar-refractivity contribution in [2.75, 3.05) is 32.7 Å². The maximum Gasteiger partial charge on any atom is 0.266 e. The summed E-state index contributed by atoms with van der Waals surface area (Å²) in [5.41, 5.74) is 4.24. The van der Waals surface area contributed by atoms with Gasteiger partial charge in [0.2, 0.25) is 5.82 Å². The van der Waals surface area contributed by atoms with Crippen LogP contribution < -0.4 is 0 Å². The lowest BCUT2D eigenvalue weighted by atomic mass is 9.89. The Morgan fingerprint density at radius 2 is 1.86 bits per heavy atom. The number of amides is 1. The van der Waals surface area contributed by atoms with Crippen LogP contribution in [-0.2, 0) is 11.3 Å². The van der Waals surface area contributed by atoms with Crippen LogP contribution in [0.2, 0.25) is 0 Å². The fraction of sp³-hybridized carbons (Fsp3) is 0.370. The Labute approximate surface area is 214 Å². The minimum absolute atomic E-state index is 0.0666. The standard InChI is InChI=1S/C27H29FN8O/c1-2-36-31-27(30-32-36)20-3-8-25-23(15-20)24(16-35(25)22-6-4-21(28)5-7-22)19-9-11-33(12-10-19)13-14-34-17-26(37)29-18-34/h3-8,15-16,18-19H,2,9-14,17H2,1H3. The fourth-order valence-electron chi connectivity index (χ4n) is 5.30. The van der Waals surface area contributed by atoms with Crippen LogP contribution in [0.25, 0.3) is 28.0 Å². The number of hydrogen-bond donors (Lipinski definition) is 0. The van der Waals surface area contributed by atoms with Gasteiger partial charge in [0.15, 0.2) is 0 Å². The Hall–Kier alpha value is -3.92. The van der Waals surface area contributed by atoms with Crippen molar-refractivity contribution in [3.05, 3.63) is 60.0 Å². The lowest BCUT2D eigenvalue weighted by Crippen LogP contribution is -2.38. The van der Waals surface area contributed by atoms with E-state index in [2.05, 4.69) is 48.2 Å². The van der Waals surface area contributed by atoms with Crippen molar-refractivity contribution in [2.24, 2.45) is 4.99 Å². The molecule has 0 unspecified atom stereocenters. The number of tetrazole rings is 1. The molecule has 2 aliphatic rings. The summed E-state index contributed by atoms with van der Waals surface area (Å²) in [7, 11) is 0. The van der Waals surface area contributed by atoms with Crippen LogP contribution >= 0.6 is 0 Å². The van der Waals surface area contributed by atoms with E-state index in [9.17, 15) is 9.18 Å². The number of aromatic nitrogens is 5. The van der Waals surface area contributed by atoms with Gasteiger partial charge in [0, 0.05) is 35.9 Å². The van der Waals surface area contributed by atoms with Gasteiger partial charge in [0.05, 0.1) is 18.4 Å². The normalized spacial score (nSPS) is 16.9. The van der Waals surface area contributed by atoms with E-state index in [1.165, 1.54) is 23.1 Å². The molecule has 0 bridgehead atoms. The lowest BCUT2D eigenvalue weighted by molar-refractivity contribution is -0.117. The Balaban J connectivity index is 1.28.